The fraction of sp³-hybridized carbons (Fsp3) is 0.238. The molecule has 1 aliphatic rings. The molecule has 3 heterocycles. The zero-order valence-electron chi connectivity index (χ0n) is 15.0. The van der Waals surface area contributed by atoms with E-state index in [0.717, 1.165) is 36.3 Å². The van der Waals surface area contributed by atoms with Crippen molar-refractivity contribution in [1.82, 2.24) is 20.3 Å². The highest BCUT2D eigenvalue weighted by atomic mass is 16.1. The van der Waals surface area contributed by atoms with Crippen LogP contribution in [0, 0.1) is 0 Å². The van der Waals surface area contributed by atoms with Crippen LogP contribution in [0.2, 0.25) is 0 Å². The van der Waals surface area contributed by atoms with E-state index in [4.69, 9.17) is 4.98 Å². The summed E-state index contributed by atoms with van der Waals surface area (Å²) in [6.45, 7) is 1.55. The summed E-state index contributed by atoms with van der Waals surface area (Å²) in [5, 5.41) is 3.11. The lowest BCUT2D eigenvalue weighted by molar-refractivity contribution is -0.121. The quantitative estimate of drug-likeness (QED) is 0.758. The van der Waals surface area contributed by atoms with Crippen molar-refractivity contribution in [2.75, 3.05) is 18.0 Å². The molecule has 27 heavy (non-hydrogen) atoms. The van der Waals surface area contributed by atoms with Gasteiger partial charge in [-0.25, -0.2) is 9.97 Å². The molecule has 136 valence electrons. The van der Waals surface area contributed by atoms with E-state index in [2.05, 4.69) is 20.2 Å². The predicted octanol–water partition coefficient (Wildman–Crippen LogP) is 2.48. The molecule has 0 aliphatic carbocycles. The molecule has 1 aromatic carbocycles. The minimum atomic E-state index is 0.0220. The number of amides is 1. The first-order valence-electron chi connectivity index (χ1n) is 9.09. The Bertz CT molecular complexity index is 901. The van der Waals surface area contributed by atoms with Crippen LogP contribution >= 0.6 is 0 Å². The van der Waals surface area contributed by atoms with Crippen LogP contribution in [0.3, 0.4) is 0 Å². The number of rotatable bonds is 5. The van der Waals surface area contributed by atoms with Gasteiger partial charge in [0.15, 0.2) is 0 Å². The molecule has 1 unspecified atom stereocenters. The van der Waals surface area contributed by atoms with Gasteiger partial charge < -0.3 is 10.2 Å². The Morgan fingerprint density at radius 1 is 1.11 bits per heavy atom. The third-order valence-corrected chi connectivity index (χ3v) is 4.64. The van der Waals surface area contributed by atoms with Crippen molar-refractivity contribution in [2.45, 2.75) is 18.9 Å². The number of pyridine rings is 1. The van der Waals surface area contributed by atoms with Crippen LogP contribution in [-0.4, -0.2) is 40.0 Å². The van der Waals surface area contributed by atoms with E-state index in [1.165, 1.54) is 0 Å². The fourth-order valence-electron chi connectivity index (χ4n) is 3.30. The second-order valence-corrected chi connectivity index (χ2v) is 6.65. The number of hydrogen-bond donors (Lipinski definition) is 1. The lowest BCUT2D eigenvalue weighted by Gasteiger charge is -2.17. The topological polar surface area (TPSA) is 71.0 Å². The Hall–Kier alpha value is -3.28. The number of anilines is 1. The van der Waals surface area contributed by atoms with Crippen LogP contribution in [0.1, 0.15) is 12.0 Å². The van der Waals surface area contributed by atoms with Crippen molar-refractivity contribution in [3.05, 3.63) is 72.7 Å². The number of nitrogens with zero attached hydrogens (tertiary/aromatic N) is 4. The molecule has 2 aromatic heterocycles. The summed E-state index contributed by atoms with van der Waals surface area (Å²) in [4.78, 5) is 27.6. The maximum atomic E-state index is 12.3. The zero-order chi connectivity index (χ0) is 18.5. The van der Waals surface area contributed by atoms with Gasteiger partial charge in [0.1, 0.15) is 0 Å². The van der Waals surface area contributed by atoms with Crippen LogP contribution in [0.25, 0.3) is 11.3 Å². The van der Waals surface area contributed by atoms with Crippen LogP contribution < -0.4 is 10.2 Å². The Balaban J connectivity index is 1.37. The van der Waals surface area contributed by atoms with E-state index >= 15 is 0 Å². The van der Waals surface area contributed by atoms with Gasteiger partial charge in [-0.3, -0.25) is 9.78 Å². The zero-order valence-corrected chi connectivity index (χ0v) is 15.0. The van der Waals surface area contributed by atoms with Gasteiger partial charge in [0.2, 0.25) is 11.9 Å². The summed E-state index contributed by atoms with van der Waals surface area (Å²) in [6.07, 6.45) is 6.46. The average Bonchev–Trinajstić information content (AvgIpc) is 3.18. The van der Waals surface area contributed by atoms with E-state index in [9.17, 15) is 4.79 Å². The van der Waals surface area contributed by atoms with E-state index in [1.54, 1.807) is 18.6 Å². The minimum absolute atomic E-state index is 0.0220. The van der Waals surface area contributed by atoms with Crippen LogP contribution in [0.15, 0.2) is 67.1 Å². The molecule has 4 rings (SSSR count). The fourth-order valence-corrected chi connectivity index (χ4v) is 3.30. The van der Waals surface area contributed by atoms with E-state index < -0.39 is 0 Å². The van der Waals surface area contributed by atoms with Gasteiger partial charge in [0, 0.05) is 43.3 Å². The van der Waals surface area contributed by atoms with Crippen molar-refractivity contribution >= 4 is 11.9 Å². The van der Waals surface area contributed by atoms with Crippen LogP contribution in [-0.2, 0) is 11.2 Å². The van der Waals surface area contributed by atoms with Gasteiger partial charge in [0.25, 0.3) is 0 Å². The molecule has 0 saturated carbocycles. The molecular weight excluding hydrogens is 338 g/mol. The summed E-state index contributed by atoms with van der Waals surface area (Å²) in [5.74, 6) is 0.731. The average molecular weight is 359 g/mol. The molecule has 6 nitrogen and oxygen atoms in total. The number of carbonyl (C=O) groups excluding carboxylic acids is 1. The summed E-state index contributed by atoms with van der Waals surface area (Å²) >= 11 is 0. The normalized spacial score (nSPS) is 16.3. The van der Waals surface area contributed by atoms with Crippen molar-refractivity contribution < 1.29 is 4.79 Å². The molecule has 1 amide bonds. The molecule has 3 aromatic rings. The van der Waals surface area contributed by atoms with Crippen LogP contribution in [0.4, 0.5) is 5.95 Å². The van der Waals surface area contributed by atoms with Crippen LogP contribution in [0.5, 0.6) is 0 Å². The second-order valence-electron chi connectivity index (χ2n) is 6.65. The first-order chi connectivity index (χ1) is 13.3. The van der Waals surface area contributed by atoms with Gasteiger partial charge in [-0.05, 0) is 24.1 Å². The molecule has 1 fully saturated rings. The maximum absolute atomic E-state index is 12.3. The molecule has 1 saturated heterocycles. The van der Waals surface area contributed by atoms with Gasteiger partial charge in [-0.2, -0.15) is 0 Å². The molecule has 6 heteroatoms. The first kappa shape index (κ1) is 17.1. The smallest absolute Gasteiger partial charge is 0.225 e. The number of nitrogens with one attached hydrogen (secondary N) is 1. The van der Waals surface area contributed by atoms with Gasteiger partial charge in [-0.15, -0.1) is 0 Å². The van der Waals surface area contributed by atoms with Gasteiger partial charge in [0.05, 0.1) is 12.1 Å². The summed E-state index contributed by atoms with van der Waals surface area (Å²) < 4.78 is 0. The number of hydrogen-bond acceptors (Lipinski definition) is 5. The van der Waals surface area contributed by atoms with Crippen molar-refractivity contribution in [1.29, 1.82) is 0 Å². The van der Waals surface area contributed by atoms with Gasteiger partial charge in [-0.1, -0.05) is 36.4 Å². The molecular formula is C21H21N5O. The molecule has 0 radical (unpaired) electrons. The molecule has 1 atom stereocenters. The standard InChI is InChI=1S/C21H21N5O/c27-20(13-16-5-4-10-22-14-16)24-18-9-12-26(15-18)21-23-11-8-19(25-21)17-6-2-1-3-7-17/h1-8,10-11,14,18H,9,12-13,15H2,(H,24,27). The van der Waals surface area contributed by atoms with Crippen molar-refractivity contribution in [3.63, 3.8) is 0 Å². The molecule has 1 aliphatic heterocycles. The maximum Gasteiger partial charge on any atom is 0.225 e. The van der Waals surface area contributed by atoms with E-state index in [1.807, 2.05) is 48.5 Å². The number of carbonyl (C=O) groups is 1. The van der Waals surface area contributed by atoms with E-state index in [0.29, 0.717) is 12.4 Å². The molecule has 0 spiro atoms. The summed E-state index contributed by atoms with van der Waals surface area (Å²) in [5.41, 5.74) is 2.90. The third kappa shape index (κ3) is 4.28. The Labute approximate surface area is 158 Å². The Kier molecular flexibility index (Phi) is 5.05. The van der Waals surface area contributed by atoms with Crippen molar-refractivity contribution in [2.24, 2.45) is 0 Å². The molecule has 0 bridgehead atoms. The summed E-state index contributed by atoms with van der Waals surface area (Å²) in [6, 6.07) is 15.9. The highest BCUT2D eigenvalue weighted by molar-refractivity contribution is 5.78. The largest absolute Gasteiger partial charge is 0.351 e. The molecule has 1 N–H and O–H groups in total. The Morgan fingerprint density at radius 3 is 2.81 bits per heavy atom. The lowest BCUT2D eigenvalue weighted by Crippen LogP contribution is -2.38. The number of benzene rings is 1. The SMILES string of the molecule is O=C(Cc1cccnc1)NC1CCN(c2nccc(-c3ccccc3)n2)C1. The predicted molar refractivity (Wildman–Crippen MR) is 104 cm³/mol. The lowest BCUT2D eigenvalue weighted by atomic mass is 10.1. The monoisotopic (exact) mass is 359 g/mol. The van der Waals surface area contributed by atoms with E-state index in [-0.39, 0.29) is 11.9 Å². The highest BCUT2D eigenvalue weighted by Crippen LogP contribution is 2.21. The number of aromatic nitrogens is 3. The Morgan fingerprint density at radius 2 is 2.00 bits per heavy atom. The van der Waals surface area contributed by atoms with Crippen molar-refractivity contribution in [3.8, 4) is 11.3 Å². The first-order valence-corrected chi connectivity index (χ1v) is 9.09. The third-order valence-electron chi connectivity index (χ3n) is 4.64. The van der Waals surface area contributed by atoms with Gasteiger partial charge >= 0.3 is 0 Å². The highest BCUT2D eigenvalue weighted by Gasteiger charge is 2.25. The summed E-state index contributed by atoms with van der Waals surface area (Å²) in [7, 11) is 0. The minimum Gasteiger partial charge on any atom is -0.351 e. The second kappa shape index (κ2) is 7.95.